The van der Waals surface area contributed by atoms with Gasteiger partial charge in [-0.3, -0.25) is 4.79 Å². The van der Waals surface area contributed by atoms with E-state index in [-0.39, 0.29) is 24.8 Å². The zero-order chi connectivity index (χ0) is 23.0. The van der Waals surface area contributed by atoms with Crippen molar-refractivity contribution in [3.05, 3.63) is 70.5 Å². The smallest absolute Gasteiger partial charge is 0.356 e. The molecule has 0 aromatic heterocycles. The van der Waals surface area contributed by atoms with Gasteiger partial charge in [0.1, 0.15) is 5.82 Å². The molecular formula is C22H26F4N4O. The van der Waals surface area contributed by atoms with Gasteiger partial charge in [0.05, 0.1) is 18.7 Å². The van der Waals surface area contributed by atoms with Gasteiger partial charge in [0.2, 0.25) is 5.91 Å². The van der Waals surface area contributed by atoms with Crippen molar-refractivity contribution < 1.29 is 22.4 Å². The molecule has 0 bridgehead atoms. The first-order chi connectivity index (χ1) is 14.6. The molecule has 0 radical (unpaired) electrons. The van der Waals surface area contributed by atoms with E-state index in [2.05, 4.69) is 15.6 Å². The van der Waals surface area contributed by atoms with Crippen LogP contribution in [-0.2, 0) is 23.9 Å². The Morgan fingerprint density at radius 1 is 1.10 bits per heavy atom. The number of amides is 1. The summed E-state index contributed by atoms with van der Waals surface area (Å²) in [7, 11) is 3.24. The highest BCUT2D eigenvalue weighted by Gasteiger charge is 2.30. The summed E-state index contributed by atoms with van der Waals surface area (Å²) >= 11 is 0. The maximum absolute atomic E-state index is 13.3. The number of alkyl halides is 3. The minimum Gasteiger partial charge on any atom is -0.356 e. The van der Waals surface area contributed by atoms with Crippen LogP contribution < -0.4 is 10.6 Å². The molecule has 0 fully saturated rings. The van der Waals surface area contributed by atoms with Crippen LogP contribution >= 0.6 is 0 Å². The molecule has 0 unspecified atom stereocenters. The lowest BCUT2D eigenvalue weighted by atomic mass is 10.1. The van der Waals surface area contributed by atoms with Crippen molar-refractivity contribution in [3.8, 4) is 0 Å². The van der Waals surface area contributed by atoms with Gasteiger partial charge in [-0.2, -0.15) is 13.2 Å². The Morgan fingerprint density at radius 3 is 2.48 bits per heavy atom. The SMILES string of the molecule is Cc1cc(F)ccc1CCNC(=NCc1cccc(C(F)(F)F)c1)NCC(=O)N(C)C. The van der Waals surface area contributed by atoms with E-state index in [4.69, 9.17) is 0 Å². The van der Waals surface area contributed by atoms with Gasteiger partial charge in [0, 0.05) is 20.6 Å². The molecule has 2 aromatic rings. The minimum atomic E-state index is -4.43. The molecule has 9 heteroatoms. The summed E-state index contributed by atoms with van der Waals surface area (Å²) in [5.74, 6) is -0.184. The van der Waals surface area contributed by atoms with Gasteiger partial charge in [-0.05, 0) is 54.3 Å². The number of nitrogens with zero attached hydrogens (tertiary/aromatic N) is 2. The highest BCUT2D eigenvalue weighted by Crippen LogP contribution is 2.29. The van der Waals surface area contributed by atoms with Crippen molar-refractivity contribution in [2.75, 3.05) is 27.2 Å². The van der Waals surface area contributed by atoms with Gasteiger partial charge >= 0.3 is 6.18 Å². The zero-order valence-electron chi connectivity index (χ0n) is 17.7. The van der Waals surface area contributed by atoms with E-state index in [1.165, 1.54) is 23.1 Å². The molecule has 0 saturated carbocycles. The Kier molecular flexibility index (Phi) is 8.41. The van der Waals surface area contributed by atoms with Crippen LogP contribution in [0.25, 0.3) is 0 Å². The van der Waals surface area contributed by atoms with Crippen LogP contribution in [0.1, 0.15) is 22.3 Å². The third kappa shape index (κ3) is 7.92. The Labute approximate surface area is 179 Å². The Hall–Kier alpha value is -3.10. The Morgan fingerprint density at radius 2 is 1.84 bits per heavy atom. The number of aliphatic imine (C=N–C) groups is 1. The average Bonchev–Trinajstić information content (AvgIpc) is 2.70. The zero-order valence-corrected chi connectivity index (χ0v) is 17.7. The number of aryl methyl sites for hydroxylation is 1. The van der Waals surface area contributed by atoms with Crippen LogP contribution in [0.4, 0.5) is 17.6 Å². The van der Waals surface area contributed by atoms with Crippen LogP contribution in [0.2, 0.25) is 0 Å². The van der Waals surface area contributed by atoms with Crippen LogP contribution in [0.3, 0.4) is 0 Å². The molecule has 1 amide bonds. The van der Waals surface area contributed by atoms with Crippen molar-refractivity contribution in [1.29, 1.82) is 0 Å². The van der Waals surface area contributed by atoms with Gasteiger partial charge < -0.3 is 15.5 Å². The quantitative estimate of drug-likeness (QED) is 0.395. The van der Waals surface area contributed by atoms with E-state index in [1.807, 2.05) is 6.92 Å². The standard InChI is InChI=1S/C22H26F4N4O/c1-15-11-19(23)8-7-17(15)9-10-27-21(29-14-20(31)30(2)3)28-13-16-5-4-6-18(12-16)22(24,25)26/h4-8,11-12H,9-10,13-14H2,1-3H3,(H2,27,28,29). The Bertz CT molecular complexity index is 926. The lowest BCUT2D eigenvalue weighted by Gasteiger charge is -2.15. The summed E-state index contributed by atoms with van der Waals surface area (Å²) in [4.78, 5) is 17.6. The van der Waals surface area contributed by atoms with E-state index in [9.17, 15) is 22.4 Å². The predicted octanol–water partition coefficient (Wildman–Crippen LogP) is 3.52. The second kappa shape index (κ2) is 10.8. The number of carbonyl (C=O) groups excluding carboxylic acids is 1. The number of halogens is 4. The fraction of sp³-hybridized carbons (Fsp3) is 0.364. The molecule has 0 aliphatic heterocycles. The normalized spacial score (nSPS) is 11.9. The average molecular weight is 438 g/mol. The van der Waals surface area contributed by atoms with Gasteiger partial charge in [-0.1, -0.05) is 18.2 Å². The number of guanidine groups is 1. The fourth-order valence-electron chi connectivity index (χ4n) is 2.76. The maximum atomic E-state index is 13.3. The minimum absolute atomic E-state index is 0.00494. The van der Waals surface area contributed by atoms with Gasteiger partial charge in [0.15, 0.2) is 5.96 Å². The summed E-state index contributed by atoms with van der Waals surface area (Å²) in [5, 5.41) is 5.96. The third-order valence-electron chi connectivity index (χ3n) is 4.57. The number of hydrogen-bond donors (Lipinski definition) is 2. The Balaban J connectivity index is 2.07. The number of nitrogens with one attached hydrogen (secondary N) is 2. The second-order valence-corrected chi connectivity index (χ2v) is 7.25. The van der Waals surface area contributed by atoms with E-state index in [0.29, 0.717) is 24.5 Å². The van der Waals surface area contributed by atoms with E-state index < -0.39 is 11.7 Å². The molecule has 0 spiro atoms. The maximum Gasteiger partial charge on any atom is 0.416 e. The summed E-state index contributed by atoms with van der Waals surface area (Å²) in [6.45, 7) is 2.24. The van der Waals surface area contributed by atoms with Gasteiger partial charge in [0.25, 0.3) is 0 Å². The first-order valence-corrected chi connectivity index (χ1v) is 9.70. The van der Waals surface area contributed by atoms with Crippen molar-refractivity contribution in [1.82, 2.24) is 15.5 Å². The molecule has 5 nitrogen and oxygen atoms in total. The first-order valence-electron chi connectivity index (χ1n) is 9.70. The number of benzene rings is 2. The summed E-state index contributed by atoms with van der Waals surface area (Å²) in [5.41, 5.74) is 1.43. The molecule has 0 atom stereocenters. The van der Waals surface area contributed by atoms with Crippen molar-refractivity contribution in [2.45, 2.75) is 26.1 Å². The van der Waals surface area contributed by atoms with E-state index in [1.54, 1.807) is 26.2 Å². The predicted molar refractivity (Wildman–Crippen MR) is 112 cm³/mol. The topological polar surface area (TPSA) is 56.7 Å². The largest absolute Gasteiger partial charge is 0.416 e. The monoisotopic (exact) mass is 438 g/mol. The number of likely N-dealkylation sites (N-methyl/N-ethyl adjacent to an activating group) is 1. The molecule has 2 N–H and O–H groups in total. The van der Waals surface area contributed by atoms with Crippen LogP contribution in [0.15, 0.2) is 47.5 Å². The molecular weight excluding hydrogens is 412 g/mol. The molecule has 2 aromatic carbocycles. The molecule has 0 saturated heterocycles. The molecule has 0 aliphatic carbocycles. The molecule has 0 aliphatic rings. The van der Waals surface area contributed by atoms with Gasteiger partial charge in [-0.15, -0.1) is 0 Å². The summed E-state index contributed by atoms with van der Waals surface area (Å²) < 4.78 is 52.0. The van der Waals surface area contributed by atoms with E-state index in [0.717, 1.165) is 23.3 Å². The van der Waals surface area contributed by atoms with Crippen LogP contribution in [0.5, 0.6) is 0 Å². The fourth-order valence-corrected chi connectivity index (χ4v) is 2.76. The van der Waals surface area contributed by atoms with Gasteiger partial charge in [-0.25, -0.2) is 9.38 Å². The summed E-state index contributed by atoms with van der Waals surface area (Å²) in [6, 6.07) is 9.49. The molecule has 31 heavy (non-hydrogen) atoms. The van der Waals surface area contributed by atoms with Crippen molar-refractivity contribution >= 4 is 11.9 Å². The number of hydrogen-bond acceptors (Lipinski definition) is 2. The lowest BCUT2D eigenvalue weighted by molar-refractivity contribution is -0.137. The molecule has 0 heterocycles. The third-order valence-corrected chi connectivity index (χ3v) is 4.57. The van der Waals surface area contributed by atoms with Crippen molar-refractivity contribution in [2.24, 2.45) is 4.99 Å². The highest BCUT2D eigenvalue weighted by molar-refractivity contribution is 5.86. The van der Waals surface area contributed by atoms with Crippen LogP contribution in [0, 0.1) is 12.7 Å². The highest BCUT2D eigenvalue weighted by atomic mass is 19.4. The molecule has 168 valence electrons. The first kappa shape index (κ1) is 24.2. The molecule has 2 rings (SSSR count). The lowest BCUT2D eigenvalue weighted by Crippen LogP contribution is -2.43. The number of carbonyl (C=O) groups is 1. The number of rotatable bonds is 7. The summed E-state index contributed by atoms with van der Waals surface area (Å²) in [6.07, 6.45) is -3.85. The second-order valence-electron chi connectivity index (χ2n) is 7.25. The van der Waals surface area contributed by atoms with E-state index >= 15 is 0 Å². The van der Waals surface area contributed by atoms with Crippen molar-refractivity contribution in [3.63, 3.8) is 0 Å². The van der Waals surface area contributed by atoms with Crippen LogP contribution in [-0.4, -0.2) is 44.0 Å².